The van der Waals surface area contributed by atoms with Crippen molar-refractivity contribution in [2.24, 2.45) is 0 Å². The smallest absolute Gasteiger partial charge is 0.335 e. The van der Waals surface area contributed by atoms with Crippen LogP contribution in [0.15, 0.2) is 72.9 Å². The van der Waals surface area contributed by atoms with Crippen LogP contribution in [-0.4, -0.2) is 89.2 Å². The largest absolute Gasteiger partial charge is 0.479 e. The molecular weight excluding hydrogens is 853 g/mol. The van der Waals surface area contributed by atoms with Gasteiger partial charge in [-0.1, -0.05) is 196 Å². The van der Waals surface area contributed by atoms with E-state index in [4.69, 9.17) is 23.7 Å². The fraction of sp³-hybridized carbons (Fsp3) is 0.709. The monoisotopic (exact) mass is 943 g/mol. The van der Waals surface area contributed by atoms with Crippen LogP contribution in [0.2, 0.25) is 0 Å². The van der Waals surface area contributed by atoms with Gasteiger partial charge in [-0.05, 0) is 57.8 Å². The second-order valence-corrected chi connectivity index (χ2v) is 17.4. The molecule has 3 N–H and O–H groups in total. The number of allylic oxidation sites excluding steroid dienone is 12. The van der Waals surface area contributed by atoms with Crippen LogP contribution in [0.25, 0.3) is 0 Å². The molecule has 1 aliphatic rings. The molecule has 382 valence electrons. The van der Waals surface area contributed by atoms with Crippen molar-refractivity contribution in [3.8, 4) is 0 Å². The molecule has 1 rings (SSSR count). The van der Waals surface area contributed by atoms with E-state index in [1.807, 2.05) is 12.2 Å². The van der Waals surface area contributed by atoms with Gasteiger partial charge in [-0.3, -0.25) is 14.4 Å². The van der Waals surface area contributed by atoms with Crippen molar-refractivity contribution in [3.63, 3.8) is 0 Å². The molecule has 12 nitrogen and oxygen atoms in total. The zero-order valence-corrected chi connectivity index (χ0v) is 41.6. The third-order valence-electron chi connectivity index (χ3n) is 11.3. The van der Waals surface area contributed by atoms with Gasteiger partial charge in [0, 0.05) is 19.3 Å². The molecule has 0 radical (unpaired) electrons. The number of hydrogen-bond donors (Lipinski definition) is 3. The number of carbonyl (C=O) groups is 4. The van der Waals surface area contributed by atoms with Gasteiger partial charge in [0.1, 0.15) is 18.8 Å². The summed E-state index contributed by atoms with van der Waals surface area (Å²) >= 11 is 0. The Hall–Kier alpha value is -3.84. The third kappa shape index (κ3) is 34.2. The molecule has 1 saturated heterocycles. The Morgan fingerprint density at radius 1 is 0.507 bits per heavy atom. The number of ether oxygens (including phenoxy) is 5. The summed E-state index contributed by atoms with van der Waals surface area (Å²) in [7, 11) is 0. The van der Waals surface area contributed by atoms with E-state index < -0.39 is 67.3 Å². The van der Waals surface area contributed by atoms with E-state index in [-0.39, 0.29) is 25.9 Å². The molecule has 0 amide bonds. The molecule has 0 aromatic heterocycles. The average molecular weight is 943 g/mol. The standard InChI is InChI=1S/C55H90O12/c1-4-7-10-13-16-19-20-21-22-23-24-25-26-27-28-31-32-35-38-41-47(56)63-44-46(65-48(57)42-39-36-33-29-17-14-11-8-5-2)45-64-55-53(51(60)50(59)52(67-55)54(61)62)66-49(58)43-40-37-34-30-18-15-12-9-6-3/h7,10,16,19,21-22,24-25,27-28,32,35,46,50-53,55,59-60H,4-6,8-9,11-15,17-18,20,23,26,29-31,33-34,36-45H2,1-3H3,(H,61,62)/b10-7-,19-16-,22-21-,25-24-,28-27-,35-32-. The number of carbonyl (C=O) groups excluding carboxylic acids is 3. The highest BCUT2D eigenvalue weighted by Gasteiger charge is 2.50. The van der Waals surface area contributed by atoms with E-state index in [1.165, 1.54) is 57.8 Å². The Balaban J connectivity index is 2.74. The molecule has 1 heterocycles. The number of unbranched alkanes of at least 4 members (excludes halogenated alkanes) is 16. The molecule has 1 aliphatic heterocycles. The lowest BCUT2D eigenvalue weighted by Gasteiger charge is -2.40. The molecule has 0 aliphatic carbocycles. The molecule has 6 unspecified atom stereocenters. The SMILES string of the molecule is CC/C=C\C/C=C\C/C=C\C/C=C\C/C=C\C/C=C\CCC(=O)OCC(COC1OC(C(=O)O)C(O)C(O)C1OC(=O)CCCCCCCCCCC)OC(=O)CCCCCCCCCCC. The molecule has 0 saturated carbocycles. The van der Waals surface area contributed by atoms with Crippen molar-refractivity contribution >= 4 is 23.9 Å². The van der Waals surface area contributed by atoms with Crippen LogP contribution in [0.1, 0.15) is 201 Å². The van der Waals surface area contributed by atoms with Crippen LogP contribution in [0, 0.1) is 0 Å². The van der Waals surface area contributed by atoms with Gasteiger partial charge in [0.2, 0.25) is 0 Å². The summed E-state index contributed by atoms with van der Waals surface area (Å²) in [5, 5.41) is 31.2. The van der Waals surface area contributed by atoms with Gasteiger partial charge >= 0.3 is 23.9 Å². The predicted molar refractivity (Wildman–Crippen MR) is 266 cm³/mol. The quantitative estimate of drug-likeness (QED) is 0.0229. The topological polar surface area (TPSA) is 175 Å². The van der Waals surface area contributed by atoms with Crippen molar-refractivity contribution in [1.82, 2.24) is 0 Å². The minimum Gasteiger partial charge on any atom is -0.479 e. The highest BCUT2D eigenvalue weighted by atomic mass is 16.7. The van der Waals surface area contributed by atoms with Gasteiger partial charge in [-0.15, -0.1) is 0 Å². The molecule has 0 aromatic carbocycles. The Bertz CT molecular complexity index is 1450. The summed E-state index contributed by atoms with van der Waals surface area (Å²) in [5.41, 5.74) is 0. The molecular formula is C55H90O12. The zero-order valence-electron chi connectivity index (χ0n) is 41.6. The maximum Gasteiger partial charge on any atom is 0.335 e. The van der Waals surface area contributed by atoms with Crippen molar-refractivity contribution in [2.45, 2.75) is 237 Å². The summed E-state index contributed by atoms with van der Waals surface area (Å²) in [6.07, 6.45) is 40.8. The van der Waals surface area contributed by atoms with Crippen molar-refractivity contribution < 1.29 is 58.2 Å². The maximum atomic E-state index is 13.0. The van der Waals surface area contributed by atoms with E-state index >= 15 is 0 Å². The first-order chi connectivity index (χ1) is 32.6. The first kappa shape index (κ1) is 61.2. The second kappa shape index (κ2) is 43.4. The van der Waals surface area contributed by atoms with Gasteiger partial charge in [-0.25, -0.2) is 4.79 Å². The molecule has 6 atom stereocenters. The zero-order chi connectivity index (χ0) is 49.0. The highest BCUT2D eigenvalue weighted by Crippen LogP contribution is 2.26. The fourth-order valence-corrected chi connectivity index (χ4v) is 7.33. The third-order valence-corrected chi connectivity index (χ3v) is 11.3. The number of carboxylic acid groups (broad SMARTS) is 1. The van der Waals surface area contributed by atoms with Crippen LogP contribution < -0.4 is 0 Å². The number of hydrogen-bond acceptors (Lipinski definition) is 11. The van der Waals surface area contributed by atoms with Gasteiger partial charge in [-0.2, -0.15) is 0 Å². The van der Waals surface area contributed by atoms with Crippen LogP contribution in [-0.2, 0) is 42.9 Å². The molecule has 1 fully saturated rings. The number of aliphatic hydroxyl groups is 2. The van der Waals surface area contributed by atoms with E-state index in [1.54, 1.807) is 0 Å². The molecule has 0 aromatic rings. The van der Waals surface area contributed by atoms with Crippen LogP contribution in [0.3, 0.4) is 0 Å². The van der Waals surface area contributed by atoms with Crippen LogP contribution in [0.4, 0.5) is 0 Å². The van der Waals surface area contributed by atoms with E-state index in [0.717, 1.165) is 83.5 Å². The number of aliphatic hydroxyl groups excluding tert-OH is 2. The lowest BCUT2D eigenvalue weighted by molar-refractivity contribution is -0.301. The summed E-state index contributed by atoms with van der Waals surface area (Å²) in [5.74, 6) is -3.24. The molecule has 12 heteroatoms. The summed E-state index contributed by atoms with van der Waals surface area (Å²) in [6.45, 7) is 5.72. The van der Waals surface area contributed by atoms with Crippen LogP contribution in [0.5, 0.6) is 0 Å². The van der Waals surface area contributed by atoms with E-state index in [9.17, 15) is 34.5 Å². The Morgan fingerprint density at radius 3 is 1.40 bits per heavy atom. The van der Waals surface area contributed by atoms with Gasteiger partial charge in [0.15, 0.2) is 24.6 Å². The minimum atomic E-state index is -1.91. The normalized spacial score (nSPS) is 19.4. The van der Waals surface area contributed by atoms with Gasteiger partial charge in [0.05, 0.1) is 6.61 Å². The lowest BCUT2D eigenvalue weighted by atomic mass is 9.98. The summed E-state index contributed by atoms with van der Waals surface area (Å²) in [6, 6.07) is 0. The summed E-state index contributed by atoms with van der Waals surface area (Å²) in [4.78, 5) is 50.6. The fourth-order valence-electron chi connectivity index (χ4n) is 7.33. The van der Waals surface area contributed by atoms with Crippen molar-refractivity contribution in [3.05, 3.63) is 72.9 Å². The van der Waals surface area contributed by atoms with Gasteiger partial charge < -0.3 is 39.0 Å². The Morgan fingerprint density at radius 2 is 0.940 bits per heavy atom. The first-order valence-electron chi connectivity index (χ1n) is 25.9. The Labute approximate surface area is 404 Å². The second-order valence-electron chi connectivity index (χ2n) is 17.4. The summed E-state index contributed by atoms with van der Waals surface area (Å²) < 4.78 is 28.1. The Kier molecular flexibility index (Phi) is 39.7. The number of esters is 3. The van der Waals surface area contributed by atoms with Crippen LogP contribution >= 0.6 is 0 Å². The predicted octanol–water partition coefficient (Wildman–Crippen LogP) is 12.2. The number of rotatable bonds is 42. The average Bonchev–Trinajstić information content (AvgIpc) is 3.31. The van der Waals surface area contributed by atoms with Crippen molar-refractivity contribution in [2.75, 3.05) is 13.2 Å². The number of aliphatic carboxylic acids is 1. The van der Waals surface area contributed by atoms with E-state index in [2.05, 4.69) is 81.5 Å². The maximum absolute atomic E-state index is 13.0. The molecule has 67 heavy (non-hydrogen) atoms. The van der Waals surface area contributed by atoms with E-state index in [0.29, 0.717) is 19.3 Å². The number of carboxylic acids is 1. The van der Waals surface area contributed by atoms with Gasteiger partial charge in [0.25, 0.3) is 0 Å². The first-order valence-corrected chi connectivity index (χ1v) is 25.9. The molecule has 0 spiro atoms. The highest BCUT2D eigenvalue weighted by molar-refractivity contribution is 5.74. The molecule has 0 bridgehead atoms. The minimum absolute atomic E-state index is 0.0534. The van der Waals surface area contributed by atoms with Crippen molar-refractivity contribution in [1.29, 1.82) is 0 Å². The lowest BCUT2D eigenvalue weighted by Crippen LogP contribution is -2.61.